The molecule has 3 aromatic heterocycles. The Morgan fingerprint density at radius 1 is 0.357 bits per heavy atom. The van der Waals surface area contributed by atoms with E-state index >= 15 is 0 Å². The van der Waals surface area contributed by atoms with Crippen molar-refractivity contribution in [3.8, 4) is 56.7 Å². The smallest absolute Gasteiger partial charge is 0.238 e. The fourth-order valence-corrected chi connectivity index (χ4v) is 6.60. The predicted molar refractivity (Wildman–Crippen MR) is 230 cm³/mol. The molecule has 0 N–H and O–H groups in total. The molecular formula is C51H33N5. The normalized spacial score (nSPS) is 17.6. The van der Waals surface area contributed by atoms with E-state index in [1.807, 2.05) is 18.2 Å². The average Bonchev–Trinajstić information content (AvgIpc) is 4.24. The van der Waals surface area contributed by atoms with E-state index in [1.165, 1.54) is 4.57 Å². The molecule has 0 saturated carbocycles. The summed E-state index contributed by atoms with van der Waals surface area (Å²) in [5.41, 5.74) is -2.72. The minimum absolute atomic E-state index is 0.176. The number of aromatic nitrogens is 5. The first-order valence-corrected chi connectivity index (χ1v) is 16.9. The Kier molecular flexibility index (Phi) is 3.73. The number of nitrogens with zero attached hydrogens (tertiary/aromatic N) is 5. The van der Waals surface area contributed by atoms with E-state index in [9.17, 15) is 13.7 Å². The lowest BCUT2D eigenvalue weighted by atomic mass is 10.0. The van der Waals surface area contributed by atoms with Crippen molar-refractivity contribution in [1.82, 2.24) is 24.1 Å². The molecule has 0 unspecified atom stereocenters. The van der Waals surface area contributed by atoms with Gasteiger partial charge in [-0.15, -0.1) is 0 Å². The monoisotopic (exact) mass is 739 g/mol. The third-order valence-electron chi connectivity index (χ3n) is 9.05. The summed E-state index contributed by atoms with van der Waals surface area (Å²) in [5, 5.41) is -1.29. The van der Waals surface area contributed by atoms with E-state index in [2.05, 4.69) is 15.0 Å². The summed E-state index contributed by atoms with van der Waals surface area (Å²) >= 11 is 0. The molecule has 8 aromatic carbocycles. The summed E-state index contributed by atoms with van der Waals surface area (Å²) in [7, 11) is 0. The van der Waals surface area contributed by atoms with E-state index in [-0.39, 0.29) is 27.5 Å². The Bertz CT molecular complexity index is 4560. The summed E-state index contributed by atoms with van der Waals surface area (Å²) < 4.78 is 218. The van der Waals surface area contributed by atoms with Gasteiger partial charge in [0, 0.05) is 38.4 Å². The van der Waals surface area contributed by atoms with Crippen molar-refractivity contribution in [3.63, 3.8) is 0 Å². The standard InChI is InChI=1S/C51H33N5/c1-4-15-34(16-5-1)36-27-29-38(30-28-36)50-52-49(37-19-8-3-9-20-37)53-51(54-50)56-46-26-13-11-24-42(46)44-32-43-41-23-10-12-25-45(41)55(47(43)33-48(44)56)40-22-14-21-39(31-40)35-17-6-2-7-18-35/h1-33H/i1D,3D,4D,5D,8D,9D,10D,11D,12D,13D,15D,16D,19D,20D,23D,24D,25D,26D,27D,28D,29D,30D,32D,33D. The fourth-order valence-electron chi connectivity index (χ4n) is 6.60. The Balaban J connectivity index is 1.36. The lowest BCUT2D eigenvalue weighted by molar-refractivity contribution is 0.953. The van der Waals surface area contributed by atoms with Crippen LogP contribution in [0.25, 0.3) is 100 Å². The van der Waals surface area contributed by atoms with Crippen molar-refractivity contribution >= 4 is 43.6 Å². The molecule has 262 valence electrons. The third-order valence-corrected chi connectivity index (χ3v) is 9.05. The Hall–Kier alpha value is -7.63. The minimum Gasteiger partial charge on any atom is -0.309 e. The molecule has 56 heavy (non-hydrogen) atoms. The maximum absolute atomic E-state index is 10.3. The number of hydrogen-bond acceptors (Lipinski definition) is 3. The first-order valence-electron chi connectivity index (χ1n) is 28.9. The first-order chi connectivity index (χ1) is 37.8. The fraction of sp³-hybridized carbons (Fsp3) is 0. The summed E-state index contributed by atoms with van der Waals surface area (Å²) in [5.74, 6) is -2.45. The molecular weight excluding hydrogens is 683 g/mol. The van der Waals surface area contributed by atoms with Crippen LogP contribution in [0.4, 0.5) is 0 Å². The molecule has 5 heteroatoms. The van der Waals surface area contributed by atoms with Crippen molar-refractivity contribution in [2.75, 3.05) is 0 Å². The highest BCUT2D eigenvalue weighted by molar-refractivity contribution is 6.19. The van der Waals surface area contributed by atoms with Crippen LogP contribution in [0.3, 0.4) is 0 Å². The number of hydrogen-bond donors (Lipinski definition) is 0. The van der Waals surface area contributed by atoms with Crippen LogP contribution in [0.1, 0.15) is 32.9 Å². The highest BCUT2D eigenvalue weighted by Crippen LogP contribution is 2.40. The number of benzene rings is 8. The molecule has 0 radical (unpaired) electrons. The molecule has 0 spiro atoms. The van der Waals surface area contributed by atoms with Crippen LogP contribution in [-0.4, -0.2) is 24.1 Å². The summed E-state index contributed by atoms with van der Waals surface area (Å²) in [6.45, 7) is 0. The number of rotatable bonds is 6. The van der Waals surface area contributed by atoms with Gasteiger partial charge in [-0.05, 0) is 58.6 Å². The predicted octanol–water partition coefficient (Wildman–Crippen LogP) is 12.7. The molecule has 0 aliphatic carbocycles. The molecule has 3 heterocycles. The summed E-state index contributed by atoms with van der Waals surface area (Å²) in [6.07, 6.45) is 0. The van der Waals surface area contributed by atoms with Gasteiger partial charge in [0.2, 0.25) is 5.95 Å². The van der Waals surface area contributed by atoms with Gasteiger partial charge >= 0.3 is 0 Å². The van der Waals surface area contributed by atoms with Crippen molar-refractivity contribution in [2.24, 2.45) is 0 Å². The van der Waals surface area contributed by atoms with E-state index in [0.717, 1.165) is 10.1 Å². The van der Waals surface area contributed by atoms with E-state index in [1.54, 1.807) is 36.4 Å². The second-order valence-electron chi connectivity index (χ2n) is 12.3. The van der Waals surface area contributed by atoms with Gasteiger partial charge in [-0.2, -0.15) is 9.97 Å². The Labute approximate surface area is 357 Å². The molecule has 0 amide bonds. The van der Waals surface area contributed by atoms with Gasteiger partial charge in [0.1, 0.15) is 0 Å². The van der Waals surface area contributed by atoms with Crippen LogP contribution in [0.15, 0.2) is 200 Å². The summed E-state index contributed by atoms with van der Waals surface area (Å²) in [4.78, 5) is 13.5. The highest BCUT2D eigenvalue weighted by Gasteiger charge is 2.21. The van der Waals surface area contributed by atoms with Crippen LogP contribution in [0.5, 0.6) is 0 Å². The van der Waals surface area contributed by atoms with Crippen molar-refractivity contribution in [1.29, 1.82) is 0 Å². The van der Waals surface area contributed by atoms with Gasteiger partial charge in [-0.25, -0.2) is 4.98 Å². The van der Waals surface area contributed by atoms with E-state index in [4.69, 9.17) is 19.2 Å². The molecule has 0 bridgehead atoms. The van der Waals surface area contributed by atoms with Crippen molar-refractivity contribution in [3.05, 3.63) is 200 Å². The van der Waals surface area contributed by atoms with Crippen LogP contribution in [0, 0.1) is 0 Å². The van der Waals surface area contributed by atoms with E-state index < -0.39 is 207 Å². The largest absolute Gasteiger partial charge is 0.309 e. The zero-order valence-electron chi connectivity index (χ0n) is 52.4. The van der Waals surface area contributed by atoms with Gasteiger partial charge in [-0.3, -0.25) is 4.57 Å². The first kappa shape index (κ1) is 16.0. The summed E-state index contributed by atoms with van der Waals surface area (Å²) in [6, 6.07) is -3.68. The number of para-hydroxylation sites is 2. The maximum atomic E-state index is 10.3. The van der Waals surface area contributed by atoms with Gasteiger partial charge in [0.15, 0.2) is 11.6 Å². The van der Waals surface area contributed by atoms with Crippen molar-refractivity contribution < 1.29 is 32.9 Å². The molecule has 5 nitrogen and oxygen atoms in total. The quantitative estimate of drug-likeness (QED) is 0.171. The van der Waals surface area contributed by atoms with Gasteiger partial charge in [-0.1, -0.05) is 163 Å². The molecule has 11 aromatic rings. The molecule has 0 aliphatic rings. The van der Waals surface area contributed by atoms with Gasteiger partial charge < -0.3 is 4.57 Å². The molecule has 0 fully saturated rings. The minimum atomic E-state index is -0.986. The zero-order chi connectivity index (χ0) is 57.9. The topological polar surface area (TPSA) is 48.5 Å². The second kappa shape index (κ2) is 13.0. The molecule has 0 saturated heterocycles. The lowest BCUT2D eigenvalue weighted by Gasteiger charge is -2.12. The maximum Gasteiger partial charge on any atom is 0.238 e. The Morgan fingerprint density at radius 2 is 0.875 bits per heavy atom. The second-order valence-corrected chi connectivity index (χ2v) is 12.3. The van der Waals surface area contributed by atoms with Crippen LogP contribution >= 0.6 is 0 Å². The van der Waals surface area contributed by atoms with Gasteiger partial charge in [0.25, 0.3) is 0 Å². The Morgan fingerprint density at radius 3 is 1.55 bits per heavy atom. The average molecular weight is 740 g/mol. The molecule has 0 aliphatic heterocycles. The molecule has 0 atom stereocenters. The molecule has 11 rings (SSSR count). The van der Waals surface area contributed by atoms with Crippen LogP contribution in [-0.2, 0) is 0 Å². The van der Waals surface area contributed by atoms with Crippen molar-refractivity contribution in [2.45, 2.75) is 0 Å². The SMILES string of the molecule is [2H]c1c([2H])c([2H])c(-c2nc(-c3c([2H])c([2H])c(-c4c([2H])c([2H])c([2H])c([2H])c4[2H])c([2H])c3[2H])nc(-n3c4c([2H])c([2H])c([2H])c([2H])c4c4c([2H])c5c6c([2H])c([2H])c([2H])c([2H])c6n(-c6cccc(-c7ccccc7)c6)c5c([2H])c43)n2)c([2H])c1[2H]. The number of fused-ring (bicyclic) bond motifs is 6. The third kappa shape index (κ3) is 5.29. The van der Waals surface area contributed by atoms with E-state index in [0.29, 0.717) is 5.56 Å². The van der Waals surface area contributed by atoms with Gasteiger partial charge in [0.05, 0.1) is 55.0 Å². The zero-order valence-corrected chi connectivity index (χ0v) is 28.4. The van der Waals surface area contributed by atoms with Crippen LogP contribution in [0.2, 0.25) is 0 Å². The lowest BCUT2D eigenvalue weighted by Crippen LogP contribution is -2.06. The highest BCUT2D eigenvalue weighted by atomic mass is 15.2. The van der Waals surface area contributed by atoms with Crippen LogP contribution < -0.4 is 0 Å².